The fourth-order valence-corrected chi connectivity index (χ4v) is 2.03. The summed E-state index contributed by atoms with van der Waals surface area (Å²) in [5, 5.41) is 8.92. The van der Waals surface area contributed by atoms with Gasteiger partial charge < -0.3 is 4.18 Å². The maximum atomic E-state index is 12.1. The molecule has 0 saturated heterocycles. The first-order valence-corrected chi connectivity index (χ1v) is 6.26. The summed E-state index contributed by atoms with van der Waals surface area (Å²) in [5.74, 6) is -1.04. The predicted molar refractivity (Wildman–Crippen MR) is 58.7 cm³/mol. The van der Waals surface area contributed by atoms with Crippen molar-refractivity contribution in [1.82, 2.24) is 0 Å². The van der Waals surface area contributed by atoms with Crippen LogP contribution < -0.4 is 4.18 Å². The summed E-state index contributed by atoms with van der Waals surface area (Å²) in [6.07, 6.45) is 0. The SMILES string of the molecule is O=[N+]([O-])c1cc(Cl)c(OS(=O)(=O)C(F)(F)F)c(Cl)c1. The van der Waals surface area contributed by atoms with Crippen LogP contribution >= 0.6 is 23.2 Å². The lowest BCUT2D eigenvalue weighted by Gasteiger charge is -2.11. The second kappa shape index (κ2) is 5.02. The number of hydrogen-bond acceptors (Lipinski definition) is 5. The zero-order valence-corrected chi connectivity index (χ0v) is 10.8. The maximum absolute atomic E-state index is 12.1. The summed E-state index contributed by atoms with van der Waals surface area (Å²) in [7, 11) is -5.97. The quantitative estimate of drug-likeness (QED) is 0.365. The van der Waals surface area contributed by atoms with Gasteiger partial charge in [-0.05, 0) is 0 Å². The summed E-state index contributed by atoms with van der Waals surface area (Å²) in [6.45, 7) is 0. The van der Waals surface area contributed by atoms with E-state index < -0.39 is 42.0 Å². The first kappa shape index (κ1) is 15.8. The Morgan fingerprint density at radius 3 is 1.95 bits per heavy atom. The van der Waals surface area contributed by atoms with Gasteiger partial charge in [-0.1, -0.05) is 23.2 Å². The second-order valence-electron chi connectivity index (χ2n) is 2.98. The Morgan fingerprint density at radius 1 is 1.21 bits per heavy atom. The highest BCUT2D eigenvalue weighted by Gasteiger charge is 2.49. The lowest BCUT2D eigenvalue weighted by atomic mass is 10.3. The van der Waals surface area contributed by atoms with Crippen molar-refractivity contribution in [1.29, 1.82) is 0 Å². The molecule has 19 heavy (non-hydrogen) atoms. The molecule has 106 valence electrons. The van der Waals surface area contributed by atoms with Crippen molar-refractivity contribution in [2.45, 2.75) is 5.51 Å². The molecule has 0 spiro atoms. The third-order valence-electron chi connectivity index (χ3n) is 1.67. The molecule has 0 radical (unpaired) electrons. The van der Waals surface area contributed by atoms with Crippen LogP contribution in [0.15, 0.2) is 12.1 Å². The van der Waals surface area contributed by atoms with Crippen LogP contribution in [0.4, 0.5) is 18.9 Å². The number of benzene rings is 1. The van der Waals surface area contributed by atoms with Crippen molar-refractivity contribution in [2.75, 3.05) is 0 Å². The fraction of sp³-hybridized carbons (Fsp3) is 0.143. The Balaban J connectivity index is 3.29. The van der Waals surface area contributed by atoms with E-state index in [2.05, 4.69) is 4.18 Å². The van der Waals surface area contributed by atoms with Gasteiger partial charge in [0.2, 0.25) is 0 Å². The summed E-state index contributed by atoms with van der Waals surface area (Å²) in [4.78, 5) is 9.49. The van der Waals surface area contributed by atoms with Gasteiger partial charge in [-0.25, -0.2) is 0 Å². The molecule has 0 fully saturated rings. The van der Waals surface area contributed by atoms with Crippen molar-refractivity contribution in [3.05, 3.63) is 32.3 Å². The van der Waals surface area contributed by atoms with E-state index in [4.69, 9.17) is 23.2 Å². The number of nitrogens with zero attached hydrogens (tertiary/aromatic N) is 1. The number of halogens is 5. The highest BCUT2D eigenvalue weighted by Crippen LogP contribution is 2.39. The number of nitro benzene ring substituents is 1. The molecule has 6 nitrogen and oxygen atoms in total. The molecule has 0 unspecified atom stereocenters. The molecule has 0 atom stereocenters. The number of alkyl halides is 3. The number of rotatable bonds is 3. The van der Waals surface area contributed by atoms with Crippen molar-refractivity contribution in [3.63, 3.8) is 0 Å². The third kappa shape index (κ3) is 3.39. The third-order valence-corrected chi connectivity index (χ3v) is 3.18. The average molecular weight is 340 g/mol. The van der Waals surface area contributed by atoms with Crippen LogP contribution in [0.25, 0.3) is 0 Å². The van der Waals surface area contributed by atoms with E-state index in [0.717, 1.165) is 0 Å². The van der Waals surface area contributed by atoms with Gasteiger partial charge in [0.25, 0.3) is 5.69 Å². The lowest BCUT2D eigenvalue weighted by molar-refractivity contribution is -0.384. The Kier molecular flexibility index (Phi) is 4.17. The van der Waals surface area contributed by atoms with Crippen LogP contribution in [0.5, 0.6) is 5.75 Å². The minimum Gasteiger partial charge on any atom is -0.373 e. The summed E-state index contributed by atoms with van der Waals surface area (Å²) >= 11 is 10.8. The van der Waals surface area contributed by atoms with E-state index in [1.54, 1.807) is 0 Å². The molecule has 0 heterocycles. The number of non-ortho nitro benzene ring substituents is 1. The van der Waals surface area contributed by atoms with Gasteiger partial charge in [0, 0.05) is 12.1 Å². The lowest BCUT2D eigenvalue weighted by Crippen LogP contribution is -2.28. The summed E-state index contributed by atoms with van der Waals surface area (Å²) in [6, 6.07) is 1.21. The summed E-state index contributed by atoms with van der Waals surface area (Å²) in [5.41, 5.74) is -6.31. The van der Waals surface area contributed by atoms with Crippen molar-refractivity contribution in [3.8, 4) is 5.75 Å². The Morgan fingerprint density at radius 2 is 1.63 bits per heavy atom. The van der Waals surface area contributed by atoms with Crippen molar-refractivity contribution in [2.24, 2.45) is 0 Å². The first-order chi connectivity index (χ1) is 8.45. The second-order valence-corrected chi connectivity index (χ2v) is 5.33. The zero-order valence-electron chi connectivity index (χ0n) is 8.44. The number of nitro groups is 1. The van der Waals surface area contributed by atoms with Crippen LogP contribution in [0.2, 0.25) is 10.0 Å². The average Bonchev–Trinajstić information content (AvgIpc) is 2.21. The van der Waals surface area contributed by atoms with Crippen molar-refractivity contribution < 1.29 is 30.7 Å². The molecule has 0 bridgehead atoms. The molecule has 1 rings (SSSR count). The molecule has 0 N–H and O–H groups in total. The van der Waals surface area contributed by atoms with Gasteiger partial charge in [0.15, 0.2) is 5.75 Å². The molecular formula is C7H2Cl2F3NO5S. The molecule has 0 aliphatic rings. The van der Waals surface area contributed by atoms with Gasteiger partial charge in [0.1, 0.15) is 0 Å². The zero-order chi connectivity index (χ0) is 15.0. The molecule has 1 aromatic carbocycles. The van der Waals surface area contributed by atoms with Crippen LogP contribution in [0.1, 0.15) is 0 Å². The van der Waals surface area contributed by atoms with Gasteiger partial charge in [-0.3, -0.25) is 10.1 Å². The summed E-state index contributed by atoms with van der Waals surface area (Å²) < 4.78 is 61.5. The standard InChI is InChI=1S/C7H2Cl2F3NO5S/c8-4-1-3(13(14)15)2-5(9)6(4)18-19(16,17)7(10,11)12/h1-2H. The van der Waals surface area contributed by atoms with Gasteiger partial charge in [0.05, 0.1) is 15.0 Å². The minimum atomic E-state index is -5.97. The minimum absolute atomic E-state index is 0.606. The van der Waals surface area contributed by atoms with E-state index in [1.165, 1.54) is 0 Å². The van der Waals surface area contributed by atoms with E-state index in [0.29, 0.717) is 12.1 Å². The highest BCUT2D eigenvalue weighted by molar-refractivity contribution is 7.88. The molecule has 0 aliphatic carbocycles. The largest absolute Gasteiger partial charge is 0.534 e. The van der Waals surface area contributed by atoms with Crippen LogP contribution in [0.3, 0.4) is 0 Å². The molecular weight excluding hydrogens is 338 g/mol. The highest BCUT2D eigenvalue weighted by atomic mass is 35.5. The molecule has 0 amide bonds. The molecule has 0 aromatic heterocycles. The Labute approximate surface area is 114 Å². The van der Waals surface area contributed by atoms with E-state index in [9.17, 15) is 31.7 Å². The van der Waals surface area contributed by atoms with E-state index >= 15 is 0 Å². The molecule has 1 aromatic rings. The number of hydrogen-bond donors (Lipinski definition) is 0. The Bertz CT molecular complexity index is 607. The molecule has 0 aliphatic heterocycles. The maximum Gasteiger partial charge on any atom is 0.534 e. The van der Waals surface area contributed by atoms with Gasteiger partial charge >= 0.3 is 15.6 Å². The van der Waals surface area contributed by atoms with Crippen LogP contribution in [0, 0.1) is 10.1 Å². The normalized spacial score (nSPS) is 12.3. The van der Waals surface area contributed by atoms with E-state index in [-0.39, 0.29) is 0 Å². The van der Waals surface area contributed by atoms with Gasteiger partial charge in [-0.15, -0.1) is 0 Å². The van der Waals surface area contributed by atoms with E-state index in [1.807, 2.05) is 0 Å². The van der Waals surface area contributed by atoms with Crippen LogP contribution in [-0.2, 0) is 10.1 Å². The first-order valence-electron chi connectivity index (χ1n) is 4.10. The predicted octanol–water partition coefficient (Wildman–Crippen LogP) is 3.13. The molecule has 0 saturated carbocycles. The monoisotopic (exact) mass is 339 g/mol. The Hall–Kier alpha value is -1.26. The smallest absolute Gasteiger partial charge is 0.373 e. The van der Waals surface area contributed by atoms with Crippen LogP contribution in [-0.4, -0.2) is 18.8 Å². The fourth-order valence-electron chi connectivity index (χ4n) is 0.888. The van der Waals surface area contributed by atoms with Gasteiger partial charge in [-0.2, -0.15) is 21.6 Å². The van der Waals surface area contributed by atoms with Crippen molar-refractivity contribution >= 4 is 39.0 Å². The molecule has 12 heteroatoms. The topological polar surface area (TPSA) is 86.5 Å².